The van der Waals surface area contributed by atoms with E-state index in [9.17, 15) is 19.7 Å². The van der Waals surface area contributed by atoms with Crippen LogP contribution in [-0.4, -0.2) is 64.5 Å². The molecule has 0 atom stereocenters. The molecule has 0 N–H and O–H groups in total. The third-order valence-electron chi connectivity index (χ3n) is 5.01. The SMILES string of the molecule is CCOC(=O)c1nc2cc(Cl)c(Cl)cc2nc1N1CCN(C(=O)c2ccc([N+](=O)[O-])o2)CC1. The largest absolute Gasteiger partial charge is 0.461 e. The number of benzene rings is 1. The monoisotopic (exact) mass is 493 g/mol. The molecule has 1 aliphatic rings. The standard InChI is InChI=1S/C20H17Cl2N5O6/c1-2-32-20(29)17-18(24-14-10-12(22)11(21)9-13(14)23-17)25-5-7-26(8-6-25)19(28)15-3-4-16(33-15)27(30)31/h3-4,9-10H,2,5-8H2,1H3. The summed E-state index contributed by atoms with van der Waals surface area (Å²) >= 11 is 12.2. The third-order valence-corrected chi connectivity index (χ3v) is 5.73. The van der Waals surface area contributed by atoms with Crippen LogP contribution in [0.15, 0.2) is 28.7 Å². The number of fused-ring (bicyclic) bond motifs is 1. The van der Waals surface area contributed by atoms with E-state index in [-0.39, 0.29) is 36.2 Å². The molecule has 1 aliphatic heterocycles. The summed E-state index contributed by atoms with van der Waals surface area (Å²) < 4.78 is 10.1. The zero-order valence-corrected chi connectivity index (χ0v) is 18.8. The Hall–Kier alpha value is -3.44. The molecule has 0 radical (unpaired) electrons. The molecule has 3 heterocycles. The van der Waals surface area contributed by atoms with Crippen LogP contribution >= 0.6 is 23.2 Å². The van der Waals surface area contributed by atoms with Gasteiger partial charge in [-0.3, -0.25) is 14.9 Å². The molecule has 33 heavy (non-hydrogen) atoms. The molecule has 0 aliphatic carbocycles. The molecular formula is C20H17Cl2N5O6. The molecule has 0 bridgehead atoms. The van der Waals surface area contributed by atoms with E-state index in [0.29, 0.717) is 35.0 Å². The van der Waals surface area contributed by atoms with E-state index in [0.717, 1.165) is 6.07 Å². The van der Waals surface area contributed by atoms with Crippen LogP contribution < -0.4 is 4.90 Å². The van der Waals surface area contributed by atoms with Gasteiger partial charge >= 0.3 is 11.9 Å². The maximum atomic E-state index is 12.6. The van der Waals surface area contributed by atoms with Gasteiger partial charge in [-0.1, -0.05) is 23.2 Å². The van der Waals surface area contributed by atoms with Crippen molar-refractivity contribution in [3.8, 4) is 0 Å². The molecule has 3 aromatic rings. The lowest BCUT2D eigenvalue weighted by atomic mass is 10.2. The first-order chi connectivity index (χ1) is 15.8. The quantitative estimate of drug-likeness (QED) is 0.297. The van der Waals surface area contributed by atoms with Crippen LogP contribution in [0.5, 0.6) is 0 Å². The topological polar surface area (TPSA) is 132 Å². The highest BCUT2D eigenvalue weighted by atomic mass is 35.5. The fourth-order valence-electron chi connectivity index (χ4n) is 3.42. The van der Waals surface area contributed by atoms with Crippen LogP contribution in [0.25, 0.3) is 11.0 Å². The number of rotatable bonds is 5. The van der Waals surface area contributed by atoms with Gasteiger partial charge in [-0.15, -0.1) is 0 Å². The molecule has 13 heteroatoms. The van der Waals surface area contributed by atoms with Crippen molar-refractivity contribution in [2.45, 2.75) is 6.92 Å². The minimum atomic E-state index is -0.705. The first kappa shape index (κ1) is 22.7. The second kappa shape index (κ2) is 9.20. The van der Waals surface area contributed by atoms with Crippen molar-refractivity contribution in [3.05, 3.63) is 55.9 Å². The Labute approximate surface area is 197 Å². The van der Waals surface area contributed by atoms with E-state index >= 15 is 0 Å². The molecule has 0 spiro atoms. The Morgan fingerprint density at radius 3 is 2.33 bits per heavy atom. The molecule has 4 rings (SSSR count). The molecule has 1 aromatic carbocycles. The number of halogens is 2. The van der Waals surface area contributed by atoms with Crippen LogP contribution in [0, 0.1) is 10.1 Å². The first-order valence-electron chi connectivity index (χ1n) is 9.91. The predicted molar refractivity (Wildman–Crippen MR) is 119 cm³/mol. The van der Waals surface area contributed by atoms with E-state index in [1.165, 1.54) is 17.0 Å². The highest BCUT2D eigenvalue weighted by Gasteiger charge is 2.29. The normalized spacial score (nSPS) is 13.9. The fourth-order valence-corrected chi connectivity index (χ4v) is 3.73. The number of amides is 1. The molecule has 0 saturated carbocycles. The summed E-state index contributed by atoms with van der Waals surface area (Å²) in [6.45, 7) is 3.07. The van der Waals surface area contributed by atoms with E-state index in [1.807, 2.05) is 4.90 Å². The maximum Gasteiger partial charge on any atom is 0.433 e. The minimum absolute atomic E-state index is 0.0316. The molecule has 1 saturated heterocycles. The number of anilines is 1. The fraction of sp³-hybridized carbons (Fsp3) is 0.300. The summed E-state index contributed by atoms with van der Waals surface area (Å²) in [5.74, 6) is -1.39. The average Bonchev–Trinajstić information content (AvgIpc) is 3.30. The lowest BCUT2D eigenvalue weighted by Crippen LogP contribution is -2.49. The van der Waals surface area contributed by atoms with Gasteiger partial charge < -0.3 is 19.0 Å². The van der Waals surface area contributed by atoms with Gasteiger partial charge in [0, 0.05) is 26.2 Å². The lowest BCUT2D eigenvalue weighted by molar-refractivity contribution is -0.402. The second-order valence-electron chi connectivity index (χ2n) is 7.05. The molecule has 0 unspecified atom stereocenters. The van der Waals surface area contributed by atoms with Crippen molar-refractivity contribution in [1.29, 1.82) is 0 Å². The summed E-state index contributed by atoms with van der Waals surface area (Å²) in [5.41, 5.74) is 0.877. The van der Waals surface area contributed by atoms with Crippen molar-refractivity contribution < 1.29 is 23.7 Å². The van der Waals surface area contributed by atoms with Crippen molar-refractivity contribution in [2.75, 3.05) is 37.7 Å². The number of carbonyl (C=O) groups excluding carboxylic acids is 2. The highest BCUT2D eigenvalue weighted by molar-refractivity contribution is 6.42. The van der Waals surface area contributed by atoms with Gasteiger partial charge in [0.2, 0.25) is 0 Å². The van der Waals surface area contributed by atoms with E-state index in [2.05, 4.69) is 9.97 Å². The Morgan fingerprint density at radius 2 is 1.76 bits per heavy atom. The Kier molecular flexibility index (Phi) is 6.34. The summed E-state index contributed by atoms with van der Waals surface area (Å²) in [4.78, 5) is 47.6. The van der Waals surface area contributed by atoms with Crippen LogP contribution in [0.4, 0.5) is 11.7 Å². The van der Waals surface area contributed by atoms with E-state index in [4.69, 9.17) is 32.4 Å². The summed E-state index contributed by atoms with van der Waals surface area (Å²) in [5, 5.41) is 11.4. The van der Waals surface area contributed by atoms with Gasteiger partial charge in [0.15, 0.2) is 17.3 Å². The van der Waals surface area contributed by atoms with Gasteiger partial charge in [0.1, 0.15) is 4.92 Å². The first-order valence-corrected chi connectivity index (χ1v) is 10.7. The van der Waals surface area contributed by atoms with E-state index in [1.54, 1.807) is 13.0 Å². The van der Waals surface area contributed by atoms with Gasteiger partial charge in [-0.25, -0.2) is 14.8 Å². The molecular weight excluding hydrogens is 477 g/mol. The van der Waals surface area contributed by atoms with Gasteiger partial charge in [0.25, 0.3) is 5.91 Å². The Morgan fingerprint density at radius 1 is 1.12 bits per heavy atom. The number of ether oxygens (including phenoxy) is 1. The average molecular weight is 494 g/mol. The molecule has 1 fully saturated rings. The number of esters is 1. The lowest BCUT2D eigenvalue weighted by Gasteiger charge is -2.35. The van der Waals surface area contributed by atoms with Crippen molar-refractivity contribution >= 4 is 57.8 Å². The van der Waals surface area contributed by atoms with Crippen LogP contribution in [0.2, 0.25) is 10.0 Å². The zero-order chi connectivity index (χ0) is 23.7. The van der Waals surface area contributed by atoms with Crippen LogP contribution in [0.3, 0.4) is 0 Å². The summed E-state index contributed by atoms with van der Waals surface area (Å²) in [7, 11) is 0. The predicted octanol–water partition coefficient (Wildman–Crippen LogP) is 3.58. The molecule has 1 amide bonds. The number of hydrogen-bond donors (Lipinski definition) is 0. The number of nitrogens with zero attached hydrogens (tertiary/aromatic N) is 5. The molecule has 11 nitrogen and oxygen atoms in total. The van der Waals surface area contributed by atoms with Crippen LogP contribution in [0.1, 0.15) is 28.0 Å². The highest BCUT2D eigenvalue weighted by Crippen LogP contribution is 2.29. The number of furan rings is 1. The summed E-state index contributed by atoms with van der Waals surface area (Å²) in [6, 6.07) is 5.50. The number of hydrogen-bond acceptors (Lipinski definition) is 9. The third kappa shape index (κ3) is 4.55. The second-order valence-corrected chi connectivity index (χ2v) is 7.86. The maximum absolute atomic E-state index is 12.6. The van der Waals surface area contributed by atoms with Gasteiger partial charge in [0.05, 0.1) is 33.8 Å². The Balaban J connectivity index is 1.59. The van der Waals surface area contributed by atoms with Crippen molar-refractivity contribution in [2.24, 2.45) is 0 Å². The van der Waals surface area contributed by atoms with Gasteiger partial charge in [-0.05, 0) is 25.1 Å². The number of nitro groups is 1. The number of carbonyl (C=O) groups is 2. The van der Waals surface area contributed by atoms with E-state index < -0.39 is 22.7 Å². The van der Waals surface area contributed by atoms with Crippen molar-refractivity contribution in [1.82, 2.24) is 14.9 Å². The van der Waals surface area contributed by atoms with Gasteiger partial charge in [-0.2, -0.15) is 0 Å². The molecule has 172 valence electrons. The van der Waals surface area contributed by atoms with Crippen LogP contribution in [-0.2, 0) is 4.74 Å². The number of aromatic nitrogens is 2. The Bertz CT molecular complexity index is 1260. The smallest absolute Gasteiger partial charge is 0.433 e. The summed E-state index contributed by atoms with van der Waals surface area (Å²) in [6.07, 6.45) is 0. The number of piperazine rings is 1. The minimum Gasteiger partial charge on any atom is -0.461 e. The zero-order valence-electron chi connectivity index (χ0n) is 17.3. The van der Waals surface area contributed by atoms with Crippen molar-refractivity contribution in [3.63, 3.8) is 0 Å². The molecule has 2 aromatic heterocycles.